The lowest BCUT2D eigenvalue weighted by Gasteiger charge is -2.17. The van der Waals surface area contributed by atoms with Crippen LogP contribution in [0.3, 0.4) is 0 Å². The molecule has 3 rings (SSSR count). The van der Waals surface area contributed by atoms with Gasteiger partial charge in [0.1, 0.15) is 11.9 Å². The molecule has 1 fully saturated rings. The standard InChI is InChI=1S/C15H15N3O2/c19-15(12-3-1-6-16-9-12)18-8-5-14(11-18)20-13-4-2-7-17-10-13/h1-4,6-7,9-10,14H,5,8,11H2. The number of hydrogen-bond acceptors (Lipinski definition) is 4. The molecule has 0 bridgehead atoms. The normalized spacial score (nSPS) is 18.0. The second-order valence-electron chi connectivity index (χ2n) is 4.71. The predicted molar refractivity (Wildman–Crippen MR) is 73.4 cm³/mol. The van der Waals surface area contributed by atoms with Crippen LogP contribution in [0, 0.1) is 0 Å². The maximum atomic E-state index is 12.3. The van der Waals surface area contributed by atoms with E-state index in [9.17, 15) is 4.79 Å². The third kappa shape index (κ3) is 2.77. The van der Waals surface area contributed by atoms with Gasteiger partial charge in [0.2, 0.25) is 0 Å². The molecule has 0 N–H and O–H groups in total. The van der Waals surface area contributed by atoms with Crippen molar-refractivity contribution in [3.63, 3.8) is 0 Å². The van der Waals surface area contributed by atoms with E-state index in [1.807, 2.05) is 12.1 Å². The molecule has 1 saturated heterocycles. The van der Waals surface area contributed by atoms with Crippen LogP contribution in [0.25, 0.3) is 0 Å². The van der Waals surface area contributed by atoms with Gasteiger partial charge in [-0.3, -0.25) is 14.8 Å². The highest BCUT2D eigenvalue weighted by molar-refractivity contribution is 5.94. The van der Waals surface area contributed by atoms with Crippen LogP contribution in [0.15, 0.2) is 49.1 Å². The molecule has 1 atom stereocenters. The second kappa shape index (κ2) is 5.69. The molecular formula is C15H15N3O2. The molecule has 2 aromatic rings. The SMILES string of the molecule is O=C(c1cccnc1)N1CCC(Oc2cccnc2)C1. The molecule has 0 aromatic carbocycles. The summed E-state index contributed by atoms with van der Waals surface area (Å²) in [5.74, 6) is 0.753. The summed E-state index contributed by atoms with van der Waals surface area (Å²) in [5, 5.41) is 0. The van der Waals surface area contributed by atoms with E-state index in [0.717, 1.165) is 12.2 Å². The average Bonchev–Trinajstić information content (AvgIpc) is 2.97. The lowest BCUT2D eigenvalue weighted by molar-refractivity contribution is 0.0772. The number of hydrogen-bond donors (Lipinski definition) is 0. The molecule has 2 aromatic heterocycles. The number of pyridine rings is 2. The van der Waals surface area contributed by atoms with Gasteiger partial charge < -0.3 is 9.64 Å². The van der Waals surface area contributed by atoms with Crippen molar-refractivity contribution < 1.29 is 9.53 Å². The zero-order chi connectivity index (χ0) is 13.8. The number of rotatable bonds is 3. The molecule has 0 spiro atoms. The van der Waals surface area contributed by atoms with E-state index in [4.69, 9.17) is 4.74 Å². The van der Waals surface area contributed by atoms with Gasteiger partial charge >= 0.3 is 0 Å². The van der Waals surface area contributed by atoms with Crippen LogP contribution >= 0.6 is 0 Å². The molecule has 0 radical (unpaired) electrons. The van der Waals surface area contributed by atoms with Crippen molar-refractivity contribution in [1.29, 1.82) is 0 Å². The molecule has 0 aliphatic carbocycles. The Morgan fingerprint density at radius 1 is 1.20 bits per heavy atom. The van der Waals surface area contributed by atoms with Crippen molar-refractivity contribution >= 4 is 5.91 Å². The monoisotopic (exact) mass is 269 g/mol. The Kier molecular flexibility index (Phi) is 3.58. The Morgan fingerprint density at radius 3 is 2.70 bits per heavy atom. The second-order valence-corrected chi connectivity index (χ2v) is 4.71. The van der Waals surface area contributed by atoms with Crippen molar-refractivity contribution in [1.82, 2.24) is 14.9 Å². The Morgan fingerprint density at radius 2 is 2.00 bits per heavy atom. The van der Waals surface area contributed by atoms with E-state index in [0.29, 0.717) is 18.7 Å². The van der Waals surface area contributed by atoms with Crippen LogP contribution in [0.5, 0.6) is 5.75 Å². The Balaban J connectivity index is 1.61. The van der Waals surface area contributed by atoms with Crippen LogP contribution in [0.2, 0.25) is 0 Å². The zero-order valence-electron chi connectivity index (χ0n) is 11.0. The summed E-state index contributed by atoms with van der Waals surface area (Å²) in [7, 11) is 0. The molecule has 1 aliphatic rings. The van der Waals surface area contributed by atoms with Gasteiger partial charge in [-0.25, -0.2) is 0 Å². The third-order valence-electron chi connectivity index (χ3n) is 3.28. The molecule has 102 valence electrons. The van der Waals surface area contributed by atoms with Crippen LogP contribution < -0.4 is 4.74 Å². The Labute approximate surface area is 117 Å². The fraction of sp³-hybridized carbons (Fsp3) is 0.267. The Bertz CT molecular complexity index is 574. The minimum atomic E-state index is 0.00962. The van der Waals surface area contributed by atoms with Crippen molar-refractivity contribution in [3.8, 4) is 5.75 Å². The van der Waals surface area contributed by atoms with Crippen molar-refractivity contribution in [2.75, 3.05) is 13.1 Å². The van der Waals surface area contributed by atoms with Gasteiger partial charge in [0.15, 0.2) is 0 Å². The summed E-state index contributed by atoms with van der Waals surface area (Å²) in [6.07, 6.45) is 7.51. The first-order valence-corrected chi connectivity index (χ1v) is 6.59. The molecule has 5 nitrogen and oxygen atoms in total. The van der Waals surface area contributed by atoms with Crippen molar-refractivity contribution in [2.24, 2.45) is 0 Å². The predicted octanol–water partition coefficient (Wildman–Crippen LogP) is 1.77. The van der Waals surface area contributed by atoms with E-state index in [-0.39, 0.29) is 12.0 Å². The van der Waals surface area contributed by atoms with Crippen molar-refractivity contribution in [2.45, 2.75) is 12.5 Å². The van der Waals surface area contributed by atoms with Gasteiger partial charge in [0, 0.05) is 31.6 Å². The molecule has 5 heteroatoms. The van der Waals surface area contributed by atoms with Crippen LogP contribution in [-0.4, -0.2) is 40.0 Å². The summed E-state index contributed by atoms with van der Waals surface area (Å²) in [5.41, 5.74) is 0.620. The summed E-state index contributed by atoms with van der Waals surface area (Å²) in [6, 6.07) is 7.26. The van der Waals surface area contributed by atoms with Gasteiger partial charge in [-0.1, -0.05) is 0 Å². The van der Waals surface area contributed by atoms with Gasteiger partial charge in [-0.05, 0) is 24.3 Å². The van der Waals surface area contributed by atoms with E-state index in [2.05, 4.69) is 9.97 Å². The number of nitrogens with zero attached hydrogens (tertiary/aromatic N) is 3. The smallest absolute Gasteiger partial charge is 0.255 e. The minimum Gasteiger partial charge on any atom is -0.487 e. The fourth-order valence-corrected chi connectivity index (χ4v) is 2.29. The minimum absolute atomic E-state index is 0.00962. The highest BCUT2D eigenvalue weighted by atomic mass is 16.5. The molecule has 1 unspecified atom stereocenters. The molecule has 1 aliphatic heterocycles. The topological polar surface area (TPSA) is 55.3 Å². The molecule has 0 saturated carbocycles. The summed E-state index contributed by atoms with van der Waals surface area (Å²) >= 11 is 0. The van der Waals surface area contributed by atoms with E-state index < -0.39 is 0 Å². The highest BCUT2D eigenvalue weighted by Crippen LogP contribution is 2.18. The van der Waals surface area contributed by atoms with Crippen LogP contribution in [-0.2, 0) is 0 Å². The fourth-order valence-electron chi connectivity index (χ4n) is 2.29. The summed E-state index contributed by atoms with van der Waals surface area (Å²) < 4.78 is 5.82. The first-order valence-electron chi connectivity index (χ1n) is 6.59. The van der Waals surface area contributed by atoms with Gasteiger partial charge in [-0.15, -0.1) is 0 Å². The van der Waals surface area contributed by atoms with E-state index in [1.165, 1.54) is 0 Å². The maximum Gasteiger partial charge on any atom is 0.255 e. The average molecular weight is 269 g/mol. The van der Waals surface area contributed by atoms with Gasteiger partial charge in [-0.2, -0.15) is 0 Å². The number of carbonyl (C=O) groups excluding carboxylic acids is 1. The highest BCUT2D eigenvalue weighted by Gasteiger charge is 2.28. The van der Waals surface area contributed by atoms with Gasteiger partial charge in [0.05, 0.1) is 18.3 Å². The lowest BCUT2D eigenvalue weighted by Crippen LogP contribution is -2.31. The maximum absolute atomic E-state index is 12.3. The van der Waals surface area contributed by atoms with Gasteiger partial charge in [0.25, 0.3) is 5.91 Å². The van der Waals surface area contributed by atoms with Crippen molar-refractivity contribution in [3.05, 3.63) is 54.6 Å². The van der Waals surface area contributed by atoms with E-state index in [1.54, 1.807) is 41.8 Å². The number of amides is 1. The number of aromatic nitrogens is 2. The molecular weight excluding hydrogens is 254 g/mol. The molecule has 1 amide bonds. The number of likely N-dealkylation sites (tertiary alicyclic amines) is 1. The first kappa shape index (κ1) is 12.6. The number of carbonyl (C=O) groups is 1. The van der Waals surface area contributed by atoms with Crippen LogP contribution in [0.4, 0.5) is 0 Å². The molecule has 3 heterocycles. The lowest BCUT2D eigenvalue weighted by atomic mass is 10.2. The number of ether oxygens (including phenoxy) is 1. The third-order valence-corrected chi connectivity index (χ3v) is 3.28. The molecule has 20 heavy (non-hydrogen) atoms. The van der Waals surface area contributed by atoms with Crippen LogP contribution in [0.1, 0.15) is 16.8 Å². The summed E-state index contributed by atoms with van der Waals surface area (Å²) in [6.45, 7) is 1.31. The summed E-state index contributed by atoms with van der Waals surface area (Å²) in [4.78, 5) is 22.1. The quantitative estimate of drug-likeness (QED) is 0.852. The first-order chi connectivity index (χ1) is 9.83. The zero-order valence-corrected chi connectivity index (χ0v) is 11.0. The largest absolute Gasteiger partial charge is 0.487 e. The van der Waals surface area contributed by atoms with E-state index >= 15 is 0 Å². The Hall–Kier alpha value is -2.43.